The van der Waals surface area contributed by atoms with Crippen LogP contribution in [0.25, 0.3) is 22.4 Å². The van der Waals surface area contributed by atoms with E-state index in [1.807, 2.05) is 60.0 Å². The Hall–Kier alpha value is -2.29. The molecule has 0 aliphatic carbocycles. The lowest BCUT2D eigenvalue weighted by Crippen LogP contribution is -2.36. The van der Waals surface area contributed by atoms with Crippen molar-refractivity contribution in [1.29, 1.82) is 0 Å². The molecule has 0 spiro atoms. The second kappa shape index (κ2) is 8.38. The third-order valence-electron chi connectivity index (χ3n) is 4.30. The molecule has 1 heterocycles. The van der Waals surface area contributed by atoms with Gasteiger partial charge in [-0.1, -0.05) is 23.5 Å². The number of anilines is 1. The van der Waals surface area contributed by atoms with Gasteiger partial charge in [0.1, 0.15) is 10.5 Å². The van der Waals surface area contributed by atoms with Crippen LogP contribution >= 0.6 is 11.3 Å². The van der Waals surface area contributed by atoms with Crippen molar-refractivity contribution in [2.75, 3.05) is 24.7 Å². The summed E-state index contributed by atoms with van der Waals surface area (Å²) in [5.41, 5.74) is 2.81. The molecule has 0 unspecified atom stereocenters. The Morgan fingerprint density at radius 3 is 2.50 bits per heavy atom. The lowest BCUT2D eigenvalue weighted by Gasteiger charge is -2.11. The quantitative estimate of drug-likeness (QED) is 0.434. The molecule has 1 aromatic heterocycles. The van der Waals surface area contributed by atoms with Gasteiger partial charge in [0.25, 0.3) is 5.01 Å². The minimum absolute atomic E-state index is 0.178. The topological polar surface area (TPSA) is 64.3 Å². The fraction of sp³-hybridized carbons (Fsp3) is 0.250. The van der Waals surface area contributed by atoms with Crippen LogP contribution in [0.4, 0.5) is 10.1 Å². The Labute approximate surface area is 168 Å². The largest absolute Gasteiger partial charge is 0.748 e. The van der Waals surface area contributed by atoms with E-state index in [2.05, 4.69) is 0 Å². The molecule has 0 saturated heterocycles. The fourth-order valence-electron chi connectivity index (χ4n) is 2.88. The number of rotatable bonds is 7. The van der Waals surface area contributed by atoms with E-state index in [1.165, 1.54) is 23.5 Å². The van der Waals surface area contributed by atoms with Crippen LogP contribution in [0.3, 0.4) is 0 Å². The van der Waals surface area contributed by atoms with Crippen LogP contribution in [-0.4, -0.2) is 32.8 Å². The normalized spacial score (nSPS) is 12.1. The molecule has 2 aromatic carbocycles. The van der Waals surface area contributed by atoms with Gasteiger partial charge in [-0.15, -0.1) is 0 Å². The number of halogens is 1. The number of hydrogen-bond donors (Lipinski definition) is 0. The summed E-state index contributed by atoms with van der Waals surface area (Å²) in [5, 5.41) is 0.862. The van der Waals surface area contributed by atoms with Crippen molar-refractivity contribution in [2.24, 2.45) is 0 Å². The summed E-state index contributed by atoms with van der Waals surface area (Å²) in [6.45, 7) is 0.324. The number of aryl methyl sites for hydroxylation is 1. The molecule has 3 rings (SSSR count). The van der Waals surface area contributed by atoms with Gasteiger partial charge in [-0.25, -0.2) is 12.8 Å². The summed E-state index contributed by atoms with van der Waals surface area (Å²) in [7, 11) is -0.317. The molecule has 8 heteroatoms. The van der Waals surface area contributed by atoms with Crippen molar-refractivity contribution in [3.05, 3.63) is 58.9 Å². The molecule has 0 atom stereocenters. The molecule has 0 N–H and O–H groups in total. The monoisotopic (exact) mass is 420 g/mol. The minimum atomic E-state index is -4.27. The Bertz CT molecular complexity index is 1100. The van der Waals surface area contributed by atoms with Gasteiger partial charge in [0.05, 0.1) is 10.1 Å². The summed E-state index contributed by atoms with van der Waals surface area (Å²) < 4.78 is 49.2. The first-order valence-corrected chi connectivity index (χ1v) is 11.1. The zero-order chi connectivity index (χ0) is 20.3. The SMILES string of the molecule is CN(C)c1ccc(/C=C/c2sc3ccc(F)cc3[n+]2CCCS(=O)(=O)[O-])cc1. The van der Waals surface area contributed by atoms with Crippen molar-refractivity contribution in [2.45, 2.75) is 13.0 Å². The van der Waals surface area contributed by atoms with E-state index >= 15 is 0 Å². The van der Waals surface area contributed by atoms with E-state index in [1.54, 1.807) is 6.07 Å². The van der Waals surface area contributed by atoms with Gasteiger partial charge in [0.2, 0.25) is 5.52 Å². The van der Waals surface area contributed by atoms with Crippen molar-refractivity contribution in [3.63, 3.8) is 0 Å². The Morgan fingerprint density at radius 2 is 1.86 bits per heavy atom. The van der Waals surface area contributed by atoms with E-state index in [4.69, 9.17) is 0 Å². The van der Waals surface area contributed by atoms with Gasteiger partial charge in [0, 0.05) is 44.1 Å². The molecular formula is C20H21FN2O3S2. The summed E-state index contributed by atoms with van der Waals surface area (Å²) in [4.78, 5) is 2.02. The average molecular weight is 421 g/mol. The van der Waals surface area contributed by atoms with Gasteiger partial charge in [-0.05, 0) is 35.9 Å². The molecule has 0 amide bonds. The van der Waals surface area contributed by atoms with Gasteiger partial charge in [-0.3, -0.25) is 0 Å². The molecule has 0 saturated carbocycles. The molecule has 0 fully saturated rings. The van der Waals surface area contributed by atoms with Crippen LogP contribution in [-0.2, 0) is 16.7 Å². The third kappa shape index (κ3) is 5.15. The van der Waals surface area contributed by atoms with Crippen LogP contribution in [0.2, 0.25) is 0 Å². The van der Waals surface area contributed by atoms with E-state index in [0.717, 1.165) is 21.0 Å². The van der Waals surface area contributed by atoms with Crippen molar-refractivity contribution in [1.82, 2.24) is 0 Å². The molecule has 3 aromatic rings. The lowest BCUT2D eigenvalue weighted by molar-refractivity contribution is -0.668. The van der Waals surface area contributed by atoms with Crippen LogP contribution in [0.15, 0.2) is 42.5 Å². The highest BCUT2D eigenvalue weighted by Gasteiger charge is 2.19. The zero-order valence-electron chi connectivity index (χ0n) is 15.6. The van der Waals surface area contributed by atoms with Gasteiger partial charge in [0.15, 0.2) is 6.54 Å². The molecule has 148 valence electrons. The van der Waals surface area contributed by atoms with E-state index in [0.29, 0.717) is 12.1 Å². The van der Waals surface area contributed by atoms with Crippen LogP contribution in [0.1, 0.15) is 17.0 Å². The second-order valence-corrected chi connectivity index (χ2v) is 9.22. The Balaban J connectivity index is 1.91. The maximum absolute atomic E-state index is 13.7. The first-order chi connectivity index (χ1) is 13.2. The maximum Gasteiger partial charge on any atom is 0.262 e. The van der Waals surface area contributed by atoms with Gasteiger partial charge < -0.3 is 9.45 Å². The molecule has 0 aliphatic rings. The number of thiazole rings is 1. The van der Waals surface area contributed by atoms with E-state index in [-0.39, 0.29) is 12.2 Å². The predicted molar refractivity (Wildman–Crippen MR) is 111 cm³/mol. The highest BCUT2D eigenvalue weighted by Crippen LogP contribution is 2.23. The summed E-state index contributed by atoms with van der Waals surface area (Å²) in [6, 6.07) is 12.6. The van der Waals surface area contributed by atoms with Crippen LogP contribution in [0, 0.1) is 5.82 Å². The third-order valence-corrected chi connectivity index (χ3v) is 6.22. The van der Waals surface area contributed by atoms with Crippen molar-refractivity contribution in [3.8, 4) is 0 Å². The Kier molecular flexibility index (Phi) is 6.12. The standard InChI is InChI=1S/C20H21FN2O3S2/c1-22(2)17-8-4-15(5-9-17)6-11-20-23(12-3-13-28(24,25)26)18-14-16(21)7-10-19(18)27-20/h4-11,14H,3,12-13H2,1-2H3. The first-order valence-electron chi connectivity index (χ1n) is 8.74. The molecule has 0 bridgehead atoms. The summed E-state index contributed by atoms with van der Waals surface area (Å²) in [5.74, 6) is -0.799. The van der Waals surface area contributed by atoms with Crippen molar-refractivity contribution >= 4 is 49.5 Å². The molecule has 0 aliphatic heterocycles. The van der Waals surface area contributed by atoms with E-state index < -0.39 is 15.9 Å². The average Bonchev–Trinajstić information content (AvgIpc) is 2.96. The zero-order valence-corrected chi connectivity index (χ0v) is 17.3. The fourth-order valence-corrected chi connectivity index (χ4v) is 4.43. The number of nitrogens with zero attached hydrogens (tertiary/aromatic N) is 2. The molecular weight excluding hydrogens is 399 g/mol. The highest BCUT2D eigenvalue weighted by molar-refractivity contribution is 7.85. The minimum Gasteiger partial charge on any atom is -0.748 e. The summed E-state index contributed by atoms with van der Waals surface area (Å²) >= 11 is 1.49. The lowest BCUT2D eigenvalue weighted by atomic mass is 10.2. The number of hydrogen-bond acceptors (Lipinski definition) is 5. The summed E-state index contributed by atoms with van der Waals surface area (Å²) in [6.07, 6.45) is 4.07. The molecule has 0 radical (unpaired) electrons. The van der Waals surface area contributed by atoms with E-state index in [9.17, 15) is 17.4 Å². The Morgan fingerprint density at radius 1 is 1.14 bits per heavy atom. The highest BCUT2D eigenvalue weighted by atomic mass is 32.2. The van der Waals surface area contributed by atoms with Gasteiger partial charge in [-0.2, -0.15) is 4.57 Å². The predicted octanol–water partition coefficient (Wildman–Crippen LogP) is 3.50. The molecule has 5 nitrogen and oxygen atoms in total. The van der Waals surface area contributed by atoms with Gasteiger partial charge >= 0.3 is 0 Å². The molecule has 28 heavy (non-hydrogen) atoms. The number of benzene rings is 2. The maximum atomic E-state index is 13.7. The smallest absolute Gasteiger partial charge is 0.262 e. The second-order valence-electron chi connectivity index (χ2n) is 6.64. The number of aromatic nitrogens is 1. The van der Waals surface area contributed by atoms with Crippen molar-refractivity contribution < 1.29 is 21.9 Å². The first kappa shape index (κ1) is 20.4. The van der Waals surface area contributed by atoms with Crippen LogP contribution < -0.4 is 9.47 Å². The number of fused-ring (bicyclic) bond motifs is 1. The van der Waals surface area contributed by atoms with Crippen LogP contribution in [0.5, 0.6) is 0 Å².